The van der Waals surface area contributed by atoms with Crippen LogP contribution in [0.2, 0.25) is 0 Å². The normalized spacial score (nSPS) is 9.55. The summed E-state index contributed by atoms with van der Waals surface area (Å²) in [7, 11) is 0. The van der Waals surface area contributed by atoms with Gasteiger partial charge in [-0.2, -0.15) is 0 Å². The lowest BCUT2D eigenvalue weighted by atomic mass is 10.3. The number of aromatic nitrogens is 1. The zero-order valence-electron chi connectivity index (χ0n) is 5.28. The monoisotopic (exact) mass is 265 g/mol. The summed E-state index contributed by atoms with van der Waals surface area (Å²) in [6, 6.07) is 2.55. The van der Waals surface area contributed by atoms with Crippen LogP contribution in [0.5, 0.6) is 5.88 Å². The van der Waals surface area contributed by atoms with Crippen molar-refractivity contribution in [2.75, 3.05) is 0 Å². The number of halogens is 1. The third kappa shape index (κ3) is 1.79. The van der Waals surface area contributed by atoms with Crippen LogP contribution < -0.4 is 0 Å². The molecule has 0 spiro atoms. The Bertz CT molecular complexity index is 300. The van der Waals surface area contributed by atoms with Crippen molar-refractivity contribution in [2.24, 2.45) is 0 Å². The molecule has 4 nitrogen and oxygen atoms in total. The Morgan fingerprint density at radius 2 is 2.18 bits per heavy atom. The smallest absolute Gasteiger partial charge is 0.338 e. The van der Waals surface area contributed by atoms with Gasteiger partial charge in [-0.05, 0) is 28.7 Å². The Hall–Kier alpha value is -0.850. The number of pyridine rings is 1. The highest BCUT2D eigenvalue weighted by Crippen LogP contribution is 2.13. The minimum atomic E-state index is -1.04. The third-order valence-electron chi connectivity index (χ3n) is 1.06. The molecule has 5 heteroatoms. The molecule has 0 aliphatic heterocycles. The lowest BCUT2D eigenvalue weighted by molar-refractivity contribution is 0.0695. The van der Waals surface area contributed by atoms with E-state index in [9.17, 15) is 4.79 Å². The molecule has 0 fully saturated rings. The topological polar surface area (TPSA) is 70.4 Å². The van der Waals surface area contributed by atoms with Gasteiger partial charge in [-0.3, -0.25) is 0 Å². The van der Waals surface area contributed by atoms with Crippen LogP contribution >= 0.6 is 22.6 Å². The van der Waals surface area contributed by atoms with Gasteiger partial charge in [-0.25, -0.2) is 9.78 Å². The highest BCUT2D eigenvalue weighted by molar-refractivity contribution is 14.1. The van der Waals surface area contributed by atoms with E-state index >= 15 is 0 Å². The van der Waals surface area contributed by atoms with Gasteiger partial charge in [-0.1, -0.05) is 0 Å². The number of carbonyl (C=O) groups is 1. The molecule has 0 radical (unpaired) electrons. The summed E-state index contributed by atoms with van der Waals surface area (Å²) in [5.74, 6) is -1.21. The fraction of sp³-hybridized carbons (Fsp3) is 0. The van der Waals surface area contributed by atoms with Crippen LogP contribution in [0.3, 0.4) is 0 Å². The molecule has 0 saturated heterocycles. The molecule has 0 amide bonds. The lowest BCUT2D eigenvalue weighted by Crippen LogP contribution is -2.00. The standard InChI is InChI=1S/C6H4INO3/c7-5-3(6(10)11)1-2-4(9)8-5/h1-2H,(H,8,9)(H,10,11). The maximum absolute atomic E-state index is 10.4. The van der Waals surface area contributed by atoms with Crippen molar-refractivity contribution in [3.8, 4) is 5.88 Å². The van der Waals surface area contributed by atoms with E-state index in [1.165, 1.54) is 12.1 Å². The molecule has 0 atom stereocenters. The second-order valence-electron chi connectivity index (χ2n) is 1.81. The van der Waals surface area contributed by atoms with Crippen LogP contribution in [0.15, 0.2) is 12.1 Å². The van der Waals surface area contributed by atoms with Gasteiger partial charge in [0.15, 0.2) is 0 Å². The van der Waals surface area contributed by atoms with Gasteiger partial charge in [0, 0.05) is 6.07 Å². The fourth-order valence-electron chi connectivity index (χ4n) is 0.584. The van der Waals surface area contributed by atoms with E-state index < -0.39 is 5.97 Å². The summed E-state index contributed by atoms with van der Waals surface area (Å²) < 4.78 is 0.287. The zero-order valence-corrected chi connectivity index (χ0v) is 7.44. The van der Waals surface area contributed by atoms with Crippen LogP contribution in [-0.2, 0) is 0 Å². The number of hydrogen-bond acceptors (Lipinski definition) is 3. The Morgan fingerprint density at radius 1 is 1.55 bits per heavy atom. The van der Waals surface area contributed by atoms with E-state index in [-0.39, 0.29) is 15.1 Å². The molecule has 1 heterocycles. The molecule has 0 unspecified atom stereocenters. The number of aromatic carboxylic acids is 1. The van der Waals surface area contributed by atoms with Gasteiger partial charge >= 0.3 is 5.97 Å². The predicted octanol–water partition coefficient (Wildman–Crippen LogP) is 1.09. The number of carboxylic acid groups (broad SMARTS) is 1. The summed E-state index contributed by atoms with van der Waals surface area (Å²) >= 11 is 1.75. The fourth-order valence-corrected chi connectivity index (χ4v) is 1.24. The predicted molar refractivity (Wildman–Crippen MR) is 45.6 cm³/mol. The van der Waals surface area contributed by atoms with Crippen LogP contribution in [0.1, 0.15) is 10.4 Å². The summed E-state index contributed by atoms with van der Waals surface area (Å²) in [5.41, 5.74) is 0.100. The first-order chi connectivity index (χ1) is 5.11. The van der Waals surface area contributed by atoms with Gasteiger partial charge in [-0.15, -0.1) is 0 Å². The summed E-state index contributed by atoms with van der Waals surface area (Å²) in [5, 5.41) is 17.3. The van der Waals surface area contributed by atoms with Gasteiger partial charge in [0.25, 0.3) is 0 Å². The van der Waals surface area contributed by atoms with Crippen molar-refractivity contribution in [1.82, 2.24) is 4.98 Å². The van der Waals surface area contributed by atoms with Crippen LogP contribution in [0.25, 0.3) is 0 Å². The Balaban J connectivity index is 3.20. The first-order valence-electron chi connectivity index (χ1n) is 2.70. The summed E-state index contributed by atoms with van der Waals surface area (Å²) in [6.07, 6.45) is 0. The Kier molecular flexibility index (Phi) is 2.28. The average molecular weight is 265 g/mol. The van der Waals surface area contributed by atoms with E-state index in [4.69, 9.17) is 10.2 Å². The molecule has 58 valence electrons. The second kappa shape index (κ2) is 3.04. The van der Waals surface area contributed by atoms with Gasteiger partial charge in [0.05, 0.1) is 5.56 Å². The minimum Gasteiger partial charge on any atom is -0.493 e. The zero-order chi connectivity index (χ0) is 8.43. The second-order valence-corrected chi connectivity index (χ2v) is 2.83. The van der Waals surface area contributed by atoms with E-state index in [1.807, 2.05) is 0 Å². The molecule has 1 rings (SSSR count). The summed E-state index contributed by atoms with van der Waals surface area (Å²) in [4.78, 5) is 14.0. The maximum atomic E-state index is 10.4. The molecule has 0 aliphatic carbocycles. The molecule has 2 N–H and O–H groups in total. The number of hydrogen-bond donors (Lipinski definition) is 2. The molecular weight excluding hydrogens is 261 g/mol. The average Bonchev–Trinajstić information content (AvgIpc) is 1.85. The first-order valence-corrected chi connectivity index (χ1v) is 3.78. The quantitative estimate of drug-likeness (QED) is 0.589. The number of rotatable bonds is 1. The van der Waals surface area contributed by atoms with E-state index in [0.29, 0.717) is 0 Å². The van der Waals surface area contributed by atoms with Crippen molar-refractivity contribution in [3.05, 3.63) is 21.4 Å². The first kappa shape index (κ1) is 8.25. The molecule has 11 heavy (non-hydrogen) atoms. The minimum absolute atomic E-state index is 0.100. The maximum Gasteiger partial charge on any atom is 0.338 e. The van der Waals surface area contributed by atoms with Crippen LogP contribution in [-0.4, -0.2) is 21.2 Å². The van der Waals surface area contributed by atoms with E-state index in [2.05, 4.69) is 4.98 Å². The SMILES string of the molecule is O=C(O)c1ccc(O)nc1I. The third-order valence-corrected chi connectivity index (χ3v) is 1.89. The Labute approximate surface area is 76.0 Å². The van der Waals surface area contributed by atoms with Gasteiger partial charge in [0.1, 0.15) is 3.70 Å². The highest BCUT2D eigenvalue weighted by Gasteiger charge is 2.08. The molecule has 0 aromatic carbocycles. The number of carboxylic acids is 1. The molecular formula is C6H4INO3. The molecule has 0 saturated carbocycles. The van der Waals surface area contributed by atoms with E-state index in [0.717, 1.165) is 0 Å². The number of nitrogens with zero attached hydrogens (tertiary/aromatic N) is 1. The number of aromatic hydroxyl groups is 1. The van der Waals surface area contributed by atoms with Crippen molar-refractivity contribution in [1.29, 1.82) is 0 Å². The molecule has 0 aliphatic rings. The van der Waals surface area contributed by atoms with Crippen molar-refractivity contribution < 1.29 is 15.0 Å². The molecule has 1 aromatic heterocycles. The summed E-state index contributed by atoms with van der Waals surface area (Å²) in [6.45, 7) is 0. The van der Waals surface area contributed by atoms with Crippen LogP contribution in [0.4, 0.5) is 0 Å². The highest BCUT2D eigenvalue weighted by atomic mass is 127. The van der Waals surface area contributed by atoms with Crippen molar-refractivity contribution in [2.45, 2.75) is 0 Å². The van der Waals surface area contributed by atoms with Gasteiger partial charge in [0.2, 0.25) is 5.88 Å². The largest absolute Gasteiger partial charge is 0.493 e. The Morgan fingerprint density at radius 3 is 2.64 bits per heavy atom. The van der Waals surface area contributed by atoms with Crippen molar-refractivity contribution >= 4 is 28.6 Å². The molecule has 0 bridgehead atoms. The van der Waals surface area contributed by atoms with Crippen molar-refractivity contribution in [3.63, 3.8) is 0 Å². The lowest BCUT2D eigenvalue weighted by Gasteiger charge is -1.96. The van der Waals surface area contributed by atoms with E-state index in [1.54, 1.807) is 22.6 Å². The van der Waals surface area contributed by atoms with Crippen LogP contribution in [0, 0.1) is 3.70 Å². The van der Waals surface area contributed by atoms with Gasteiger partial charge < -0.3 is 10.2 Å². The molecule has 1 aromatic rings.